The summed E-state index contributed by atoms with van der Waals surface area (Å²) in [6.07, 6.45) is 0.0858. The molecule has 0 spiro atoms. The first kappa shape index (κ1) is 14.3. The van der Waals surface area contributed by atoms with Crippen LogP contribution in [0.25, 0.3) is 10.9 Å². The number of rotatable bonds is 4. The van der Waals surface area contributed by atoms with Gasteiger partial charge in [-0.05, 0) is 19.1 Å². The number of benzene rings is 1. The highest BCUT2D eigenvalue weighted by molar-refractivity contribution is 6.30. The maximum absolute atomic E-state index is 12.3. The maximum Gasteiger partial charge on any atom is 0.252 e. The molecule has 6 heteroatoms. The molecular weight excluding hydrogens is 278 g/mol. The first-order valence-electron chi connectivity index (χ1n) is 6.12. The average Bonchev–Trinajstić information content (AvgIpc) is 2.36. The number of hydrogen-bond acceptors (Lipinski definition) is 3. The van der Waals surface area contributed by atoms with E-state index in [4.69, 9.17) is 17.3 Å². The number of nitrogens with zero attached hydrogens (tertiary/aromatic N) is 1. The smallest absolute Gasteiger partial charge is 0.252 e. The maximum atomic E-state index is 12.3. The average molecular weight is 292 g/mol. The van der Waals surface area contributed by atoms with Crippen molar-refractivity contribution >= 4 is 34.3 Å². The predicted octanol–water partition coefficient (Wildman–Crippen LogP) is 1.88. The van der Waals surface area contributed by atoms with E-state index in [-0.39, 0.29) is 23.5 Å². The normalized spacial score (nSPS) is 12.1. The van der Waals surface area contributed by atoms with E-state index in [9.17, 15) is 9.59 Å². The second kappa shape index (κ2) is 5.88. The van der Waals surface area contributed by atoms with Gasteiger partial charge in [-0.3, -0.25) is 9.59 Å². The van der Waals surface area contributed by atoms with Crippen molar-refractivity contribution in [1.82, 2.24) is 10.3 Å². The summed E-state index contributed by atoms with van der Waals surface area (Å²) in [7, 11) is 0. The highest BCUT2D eigenvalue weighted by Gasteiger charge is 2.15. The van der Waals surface area contributed by atoms with E-state index in [1.165, 1.54) is 6.07 Å². The number of fused-ring (bicyclic) bond motifs is 1. The molecule has 0 radical (unpaired) electrons. The fourth-order valence-corrected chi connectivity index (χ4v) is 2.19. The lowest BCUT2D eigenvalue weighted by molar-refractivity contribution is -0.118. The molecule has 0 saturated carbocycles. The fourth-order valence-electron chi connectivity index (χ4n) is 1.99. The molecule has 0 aliphatic carbocycles. The molecule has 0 aliphatic rings. The molecule has 20 heavy (non-hydrogen) atoms. The number of primary amides is 1. The third-order valence-corrected chi connectivity index (χ3v) is 3.01. The number of carbonyl (C=O) groups is 2. The van der Waals surface area contributed by atoms with Gasteiger partial charge in [0.25, 0.3) is 5.91 Å². The van der Waals surface area contributed by atoms with Crippen molar-refractivity contribution in [1.29, 1.82) is 0 Å². The Kier molecular flexibility index (Phi) is 4.20. The molecule has 104 valence electrons. The first-order valence-corrected chi connectivity index (χ1v) is 6.49. The molecule has 2 rings (SSSR count). The van der Waals surface area contributed by atoms with Crippen molar-refractivity contribution in [2.24, 2.45) is 5.73 Å². The van der Waals surface area contributed by atoms with Crippen LogP contribution in [0.3, 0.4) is 0 Å². The number of nitrogens with one attached hydrogen (secondary N) is 1. The number of pyridine rings is 1. The van der Waals surface area contributed by atoms with E-state index < -0.39 is 5.91 Å². The number of hydrogen-bond donors (Lipinski definition) is 2. The van der Waals surface area contributed by atoms with Gasteiger partial charge in [0.2, 0.25) is 5.91 Å². The Morgan fingerprint density at radius 1 is 1.40 bits per heavy atom. The third-order valence-electron chi connectivity index (χ3n) is 2.81. The molecule has 1 aromatic heterocycles. The van der Waals surface area contributed by atoms with Crippen molar-refractivity contribution < 1.29 is 9.59 Å². The van der Waals surface area contributed by atoms with Gasteiger partial charge < -0.3 is 11.1 Å². The molecular formula is C14H14ClN3O2. The van der Waals surface area contributed by atoms with E-state index in [1.54, 1.807) is 19.1 Å². The fraction of sp³-hybridized carbons (Fsp3) is 0.214. The van der Waals surface area contributed by atoms with Gasteiger partial charge >= 0.3 is 0 Å². The summed E-state index contributed by atoms with van der Waals surface area (Å²) in [6, 6.07) is 8.39. The zero-order valence-electron chi connectivity index (χ0n) is 10.9. The highest BCUT2D eigenvalue weighted by atomic mass is 35.5. The zero-order chi connectivity index (χ0) is 14.7. The zero-order valence-corrected chi connectivity index (χ0v) is 11.6. The van der Waals surface area contributed by atoms with Crippen LogP contribution < -0.4 is 11.1 Å². The van der Waals surface area contributed by atoms with Crippen LogP contribution in [0.2, 0.25) is 5.15 Å². The van der Waals surface area contributed by atoms with Crippen molar-refractivity contribution in [3.05, 3.63) is 41.0 Å². The number of carbonyl (C=O) groups excluding carboxylic acids is 2. The summed E-state index contributed by atoms with van der Waals surface area (Å²) in [6.45, 7) is 1.72. The van der Waals surface area contributed by atoms with E-state index >= 15 is 0 Å². The Labute approximate surface area is 121 Å². The lowest BCUT2D eigenvalue weighted by Gasteiger charge is -2.13. The molecule has 0 saturated heterocycles. The Hall–Kier alpha value is -2.14. The SMILES string of the molecule is CC(CC(N)=O)NC(=O)c1cc(Cl)nc2ccccc12. The Morgan fingerprint density at radius 3 is 2.80 bits per heavy atom. The standard InChI is InChI=1S/C14H14ClN3O2/c1-8(6-13(16)19)17-14(20)10-7-12(15)18-11-5-3-2-4-9(10)11/h2-5,7-8H,6H2,1H3,(H2,16,19)(H,17,20). The monoisotopic (exact) mass is 291 g/mol. The summed E-state index contributed by atoms with van der Waals surface area (Å²) in [5, 5.41) is 3.68. The Balaban J connectivity index is 2.32. The summed E-state index contributed by atoms with van der Waals surface area (Å²) in [4.78, 5) is 27.2. The summed E-state index contributed by atoms with van der Waals surface area (Å²) < 4.78 is 0. The number of para-hydroxylation sites is 1. The quantitative estimate of drug-likeness (QED) is 0.844. The number of nitrogens with two attached hydrogens (primary N) is 1. The molecule has 2 aromatic rings. The van der Waals surface area contributed by atoms with Crippen molar-refractivity contribution in [3.63, 3.8) is 0 Å². The summed E-state index contributed by atoms with van der Waals surface area (Å²) in [5.74, 6) is -0.769. The van der Waals surface area contributed by atoms with Crippen LogP contribution in [0.5, 0.6) is 0 Å². The van der Waals surface area contributed by atoms with Crippen LogP contribution in [0.4, 0.5) is 0 Å². The largest absolute Gasteiger partial charge is 0.370 e. The molecule has 0 fully saturated rings. The van der Waals surface area contributed by atoms with Crippen LogP contribution in [0.1, 0.15) is 23.7 Å². The molecule has 1 aromatic carbocycles. The van der Waals surface area contributed by atoms with Crippen molar-refractivity contribution in [2.45, 2.75) is 19.4 Å². The predicted molar refractivity (Wildman–Crippen MR) is 77.5 cm³/mol. The van der Waals surface area contributed by atoms with Gasteiger partial charge in [-0.25, -0.2) is 4.98 Å². The van der Waals surface area contributed by atoms with Gasteiger partial charge in [0, 0.05) is 17.8 Å². The van der Waals surface area contributed by atoms with E-state index in [2.05, 4.69) is 10.3 Å². The summed E-state index contributed by atoms with van der Waals surface area (Å²) >= 11 is 5.92. The topological polar surface area (TPSA) is 85.1 Å². The molecule has 1 atom stereocenters. The Morgan fingerprint density at radius 2 is 2.10 bits per heavy atom. The highest BCUT2D eigenvalue weighted by Crippen LogP contribution is 2.20. The second-order valence-corrected chi connectivity index (χ2v) is 4.94. The molecule has 1 unspecified atom stereocenters. The van der Waals surface area contributed by atoms with Crippen LogP contribution in [0, 0.1) is 0 Å². The van der Waals surface area contributed by atoms with Gasteiger partial charge in [0.05, 0.1) is 11.1 Å². The van der Waals surface area contributed by atoms with Gasteiger partial charge in [-0.15, -0.1) is 0 Å². The molecule has 0 bridgehead atoms. The Bertz CT molecular complexity index is 673. The summed E-state index contributed by atoms with van der Waals surface area (Å²) in [5.41, 5.74) is 6.17. The molecule has 2 amide bonds. The van der Waals surface area contributed by atoms with Gasteiger partial charge in [0.1, 0.15) is 5.15 Å². The van der Waals surface area contributed by atoms with Crippen LogP contribution in [-0.2, 0) is 4.79 Å². The van der Waals surface area contributed by atoms with Crippen molar-refractivity contribution in [2.75, 3.05) is 0 Å². The lowest BCUT2D eigenvalue weighted by Crippen LogP contribution is -2.35. The van der Waals surface area contributed by atoms with Crippen molar-refractivity contribution in [3.8, 4) is 0 Å². The van der Waals surface area contributed by atoms with Gasteiger partial charge in [0.15, 0.2) is 0 Å². The van der Waals surface area contributed by atoms with Crippen LogP contribution >= 0.6 is 11.6 Å². The van der Waals surface area contributed by atoms with E-state index in [0.717, 1.165) is 0 Å². The van der Waals surface area contributed by atoms with E-state index in [1.807, 2.05) is 12.1 Å². The lowest BCUT2D eigenvalue weighted by atomic mass is 10.1. The van der Waals surface area contributed by atoms with Gasteiger partial charge in [-0.1, -0.05) is 29.8 Å². The number of amides is 2. The molecule has 5 nitrogen and oxygen atoms in total. The van der Waals surface area contributed by atoms with Crippen LogP contribution in [0.15, 0.2) is 30.3 Å². The minimum Gasteiger partial charge on any atom is -0.370 e. The van der Waals surface area contributed by atoms with Gasteiger partial charge in [-0.2, -0.15) is 0 Å². The van der Waals surface area contributed by atoms with Crippen LogP contribution in [-0.4, -0.2) is 22.8 Å². The number of aromatic nitrogens is 1. The van der Waals surface area contributed by atoms with E-state index in [0.29, 0.717) is 16.5 Å². The first-order chi connectivity index (χ1) is 9.47. The molecule has 3 N–H and O–H groups in total. The molecule has 1 heterocycles. The molecule has 0 aliphatic heterocycles. The third kappa shape index (κ3) is 3.24. The number of halogens is 1. The minimum absolute atomic E-state index is 0.0858. The minimum atomic E-state index is -0.463. The second-order valence-electron chi connectivity index (χ2n) is 4.55.